The van der Waals surface area contributed by atoms with Crippen LogP contribution in [0.5, 0.6) is 5.75 Å². The molecule has 0 N–H and O–H groups in total. The van der Waals surface area contributed by atoms with Gasteiger partial charge in [-0.1, -0.05) is 84.9 Å². The van der Waals surface area contributed by atoms with Crippen LogP contribution in [0.3, 0.4) is 0 Å². The molecule has 1 aliphatic rings. The maximum atomic E-state index is 12.6. The maximum Gasteiger partial charge on any atom is 0.342 e. The number of ether oxygens (including phenoxy) is 2. The van der Waals surface area contributed by atoms with Crippen molar-refractivity contribution in [2.45, 2.75) is 5.79 Å². The Kier molecular flexibility index (Phi) is 4.14. The zero-order valence-corrected chi connectivity index (χ0v) is 15.6. The summed E-state index contributed by atoms with van der Waals surface area (Å²) < 4.78 is 12.3. The molecule has 4 aromatic rings. The number of benzene rings is 4. The third kappa shape index (κ3) is 2.97. The van der Waals surface area contributed by atoms with Crippen molar-refractivity contribution < 1.29 is 14.3 Å². The second-order valence-electron chi connectivity index (χ2n) is 6.91. The molecule has 0 spiro atoms. The lowest BCUT2D eigenvalue weighted by atomic mass is 9.95. The van der Waals surface area contributed by atoms with Crippen LogP contribution in [-0.4, -0.2) is 5.97 Å². The standard InChI is InChI=1S/C26H18O3/c27-25-23-13-7-8-14-24(23)26(29-25,21-11-5-2-6-12-21)28-22-17-15-20(16-18-22)19-9-3-1-4-10-19/h1-18H. The van der Waals surface area contributed by atoms with Crippen LogP contribution >= 0.6 is 0 Å². The number of rotatable bonds is 4. The zero-order valence-electron chi connectivity index (χ0n) is 15.6. The summed E-state index contributed by atoms with van der Waals surface area (Å²) in [6.45, 7) is 0. The molecule has 140 valence electrons. The predicted molar refractivity (Wildman–Crippen MR) is 112 cm³/mol. The summed E-state index contributed by atoms with van der Waals surface area (Å²) in [5.74, 6) is -1.06. The molecule has 0 aliphatic carbocycles. The molecule has 0 saturated heterocycles. The van der Waals surface area contributed by atoms with Gasteiger partial charge in [-0.3, -0.25) is 0 Å². The Morgan fingerprint density at radius 1 is 0.621 bits per heavy atom. The highest BCUT2D eigenvalue weighted by atomic mass is 16.7. The lowest BCUT2D eigenvalue weighted by molar-refractivity contribution is -0.108. The van der Waals surface area contributed by atoms with Gasteiger partial charge in [0, 0.05) is 5.56 Å². The third-order valence-corrected chi connectivity index (χ3v) is 5.11. The molecule has 1 heterocycles. The summed E-state index contributed by atoms with van der Waals surface area (Å²) in [5, 5.41) is 0. The quantitative estimate of drug-likeness (QED) is 0.421. The van der Waals surface area contributed by atoms with Crippen LogP contribution in [0, 0.1) is 0 Å². The molecular formula is C26H18O3. The Morgan fingerprint density at radius 3 is 1.93 bits per heavy atom. The van der Waals surface area contributed by atoms with Crippen LogP contribution in [0.2, 0.25) is 0 Å². The normalized spacial score (nSPS) is 17.4. The van der Waals surface area contributed by atoms with Crippen LogP contribution in [0.25, 0.3) is 11.1 Å². The van der Waals surface area contributed by atoms with Crippen molar-refractivity contribution >= 4 is 5.97 Å². The Balaban J connectivity index is 1.57. The molecule has 3 nitrogen and oxygen atoms in total. The van der Waals surface area contributed by atoms with Gasteiger partial charge in [0.15, 0.2) is 0 Å². The monoisotopic (exact) mass is 378 g/mol. The number of carbonyl (C=O) groups is 1. The van der Waals surface area contributed by atoms with Crippen molar-refractivity contribution in [3.8, 4) is 16.9 Å². The van der Waals surface area contributed by atoms with Crippen molar-refractivity contribution in [2.75, 3.05) is 0 Å². The minimum Gasteiger partial charge on any atom is -0.444 e. The molecule has 0 bridgehead atoms. The SMILES string of the molecule is O=C1OC(Oc2ccc(-c3ccccc3)cc2)(c2ccccc2)c2ccccc21. The summed E-state index contributed by atoms with van der Waals surface area (Å²) in [6, 6.07) is 34.9. The van der Waals surface area contributed by atoms with E-state index < -0.39 is 5.79 Å². The smallest absolute Gasteiger partial charge is 0.342 e. The van der Waals surface area contributed by atoms with Gasteiger partial charge >= 0.3 is 11.8 Å². The highest BCUT2D eigenvalue weighted by Crippen LogP contribution is 2.43. The van der Waals surface area contributed by atoms with Crippen molar-refractivity contribution in [2.24, 2.45) is 0 Å². The molecule has 1 unspecified atom stereocenters. The van der Waals surface area contributed by atoms with E-state index in [1.54, 1.807) is 6.07 Å². The van der Waals surface area contributed by atoms with Crippen LogP contribution < -0.4 is 4.74 Å². The fourth-order valence-electron chi connectivity index (χ4n) is 3.71. The van der Waals surface area contributed by atoms with E-state index in [0.29, 0.717) is 16.9 Å². The van der Waals surface area contributed by atoms with E-state index in [1.807, 2.05) is 91.0 Å². The van der Waals surface area contributed by atoms with Crippen LogP contribution in [0.4, 0.5) is 0 Å². The fourth-order valence-corrected chi connectivity index (χ4v) is 3.71. The van der Waals surface area contributed by atoms with Gasteiger partial charge in [0.2, 0.25) is 0 Å². The van der Waals surface area contributed by atoms with E-state index >= 15 is 0 Å². The number of esters is 1. The highest BCUT2D eigenvalue weighted by Gasteiger charge is 2.49. The first-order chi connectivity index (χ1) is 14.3. The average Bonchev–Trinajstić information content (AvgIpc) is 3.08. The molecule has 1 aliphatic heterocycles. The summed E-state index contributed by atoms with van der Waals surface area (Å²) >= 11 is 0. The number of hydrogen-bond donors (Lipinski definition) is 0. The van der Waals surface area contributed by atoms with Crippen LogP contribution in [0.15, 0.2) is 109 Å². The van der Waals surface area contributed by atoms with Gasteiger partial charge in [-0.2, -0.15) is 0 Å². The van der Waals surface area contributed by atoms with Crippen LogP contribution in [-0.2, 0) is 10.5 Å². The molecule has 0 fully saturated rings. The Bertz CT molecular complexity index is 1150. The van der Waals surface area contributed by atoms with E-state index in [0.717, 1.165) is 16.7 Å². The van der Waals surface area contributed by atoms with Gasteiger partial charge in [-0.25, -0.2) is 4.79 Å². The maximum absolute atomic E-state index is 12.6. The lowest BCUT2D eigenvalue weighted by Gasteiger charge is -2.30. The summed E-state index contributed by atoms with van der Waals surface area (Å²) in [6.07, 6.45) is 0. The first kappa shape index (κ1) is 17.3. The topological polar surface area (TPSA) is 35.5 Å². The van der Waals surface area contributed by atoms with E-state index in [2.05, 4.69) is 12.1 Å². The fraction of sp³-hybridized carbons (Fsp3) is 0.0385. The van der Waals surface area contributed by atoms with Gasteiger partial charge in [-0.05, 0) is 35.4 Å². The zero-order chi connectivity index (χ0) is 19.7. The second-order valence-corrected chi connectivity index (χ2v) is 6.91. The van der Waals surface area contributed by atoms with E-state index in [1.165, 1.54) is 0 Å². The van der Waals surface area contributed by atoms with Gasteiger partial charge in [-0.15, -0.1) is 0 Å². The van der Waals surface area contributed by atoms with Crippen molar-refractivity contribution in [3.05, 3.63) is 126 Å². The molecule has 3 heteroatoms. The average molecular weight is 378 g/mol. The first-order valence-electron chi connectivity index (χ1n) is 9.49. The van der Waals surface area contributed by atoms with Gasteiger partial charge in [0.1, 0.15) is 5.75 Å². The van der Waals surface area contributed by atoms with E-state index in [-0.39, 0.29) is 5.97 Å². The van der Waals surface area contributed by atoms with Crippen molar-refractivity contribution in [1.29, 1.82) is 0 Å². The molecule has 5 rings (SSSR count). The summed E-state index contributed by atoms with van der Waals surface area (Å²) in [7, 11) is 0. The minimum atomic E-state index is -1.30. The lowest BCUT2D eigenvalue weighted by Crippen LogP contribution is -2.34. The first-order valence-corrected chi connectivity index (χ1v) is 9.49. The summed E-state index contributed by atoms with van der Waals surface area (Å²) in [4.78, 5) is 12.6. The van der Waals surface area contributed by atoms with Crippen molar-refractivity contribution in [3.63, 3.8) is 0 Å². The third-order valence-electron chi connectivity index (χ3n) is 5.11. The Hall–Kier alpha value is -3.85. The predicted octanol–water partition coefficient (Wildman–Crippen LogP) is 5.80. The van der Waals surface area contributed by atoms with Crippen LogP contribution in [0.1, 0.15) is 21.5 Å². The molecule has 1 atom stereocenters. The molecule has 0 radical (unpaired) electrons. The van der Waals surface area contributed by atoms with Crippen molar-refractivity contribution in [1.82, 2.24) is 0 Å². The minimum absolute atomic E-state index is 0.384. The number of carbonyl (C=O) groups excluding carboxylic acids is 1. The molecule has 0 saturated carbocycles. The molecule has 29 heavy (non-hydrogen) atoms. The Labute approximate surface area is 169 Å². The Morgan fingerprint density at radius 2 is 1.21 bits per heavy atom. The number of fused-ring (bicyclic) bond motifs is 1. The van der Waals surface area contributed by atoms with Gasteiger partial charge in [0.25, 0.3) is 0 Å². The summed E-state index contributed by atoms with van der Waals surface area (Å²) in [5.41, 5.74) is 4.23. The highest BCUT2D eigenvalue weighted by molar-refractivity contribution is 5.95. The molecule has 0 amide bonds. The van der Waals surface area contributed by atoms with E-state index in [4.69, 9.17) is 9.47 Å². The largest absolute Gasteiger partial charge is 0.444 e. The number of hydrogen-bond acceptors (Lipinski definition) is 3. The second kappa shape index (κ2) is 6.95. The number of cyclic esters (lactones) is 1. The molecular weight excluding hydrogens is 360 g/mol. The molecule has 4 aromatic carbocycles. The van der Waals surface area contributed by atoms with Gasteiger partial charge in [0.05, 0.1) is 11.1 Å². The van der Waals surface area contributed by atoms with E-state index in [9.17, 15) is 4.79 Å². The van der Waals surface area contributed by atoms with Gasteiger partial charge < -0.3 is 9.47 Å². The molecule has 0 aromatic heterocycles.